The first kappa shape index (κ1) is 22.8. The van der Waals surface area contributed by atoms with E-state index in [2.05, 4.69) is 13.8 Å². The molecular formula is C22H27N3O5S. The van der Waals surface area contributed by atoms with Crippen molar-refractivity contribution in [1.82, 2.24) is 9.21 Å². The largest absolute Gasteiger partial charge is 0.484 e. The molecule has 1 saturated heterocycles. The van der Waals surface area contributed by atoms with Crippen molar-refractivity contribution in [3.63, 3.8) is 0 Å². The Hall–Kier alpha value is -2.91. The Morgan fingerprint density at radius 2 is 1.55 bits per heavy atom. The fraction of sp³-hybridized carbons (Fsp3) is 0.364. The summed E-state index contributed by atoms with van der Waals surface area (Å²) in [7, 11) is -3.59. The molecule has 0 atom stereocenters. The van der Waals surface area contributed by atoms with Gasteiger partial charge in [0.2, 0.25) is 15.9 Å². The number of carbonyl (C=O) groups is 2. The van der Waals surface area contributed by atoms with Crippen LogP contribution >= 0.6 is 0 Å². The second kappa shape index (κ2) is 9.49. The van der Waals surface area contributed by atoms with Crippen LogP contribution in [-0.2, 0) is 14.8 Å². The molecule has 1 fully saturated rings. The number of carbonyl (C=O) groups excluding carboxylic acids is 2. The van der Waals surface area contributed by atoms with Crippen molar-refractivity contribution in [3.05, 3.63) is 59.7 Å². The minimum Gasteiger partial charge on any atom is -0.484 e. The molecular weight excluding hydrogens is 418 g/mol. The molecule has 1 aliphatic heterocycles. The van der Waals surface area contributed by atoms with Crippen LogP contribution in [0.25, 0.3) is 0 Å². The summed E-state index contributed by atoms with van der Waals surface area (Å²) in [5.74, 6) is 0.0163. The van der Waals surface area contributed by atoms with Crippen molar-refractivity contribution in [2.45, 2.75) is 24.7 Å². The summed E-state index contributed by atoms with van der Waals surface area (Å²) >= 11 is 0. The third-order valence-electron chi connectivity index (χ3n) is 5.28. The number of ether oxygens (including phenoxy) is 1. The Kier molecular flexibility index (Phi) is 6.97. The van der Waals surface area contributed by atoms with Crippen LogP contribution in [-0.4, -0.2) is 62.2 Å². The number of benzene rings is 2. The van der Waals surface area contributed by atoms with Gasteiger partial charge in [0.1, 0.15) is 5.75 Å². The highest BCUT2D eigenvalue weighted by Gasteiger charge is 2.30. The maximum Gasteiger partial charge on any atom is 0.260 e. The molecule has 0 bridgehead atoms. The number of nitrogens with two attached hydrogens (primary N) is 1. The third-order valence-corrected chi connectivity index (χ3v) is 7.19. The number of primary amides is 1. The van der Waals surface area contributed by atoms with E-state index >= 15 is 0 Å². The summed E-state index contributed by atoms with van der Waals surface area (Å²) in [5, 5.41) is 0. The van der Waals surface area contributed by atoms with Crippen molar-refractivity contribution in [2.75, 3.05) is 32.8 Å². The van der Waals surface area contributed by atoms with E-state index in [0.29, 0.717) is 30.3 Å². The molecule has 0 aromatic heterocycles. The lowest BCUT2D eigenvalue weighted by molar-refractivity contribution is -0.134. The molecule has 8 nitrogen and oxygen atoms in total. The molecule has 3 rings (SSSR count). The first-order valence-corrected chi connectivity index (χ1v) is 11.5. The Morgan fingerprint density at radius 3 is 2.06 bits per heavy atom. The number of hydrogen-bond donors (Lipinski definition) is 1. The average Bonchev–Trinajstić information content (AvgIpc) is 2.77. The molecule has 0 radical (unpaired) electrons. The Balaban J connectivity index is 1.53. The van der Waals surface area contributed by atoms with E-state index in [1.165, 1.54) is 16.4 Å². The molecule has 9 heteroatoms. The lowest BCUT2D eigenvalue weighted by Gasteiger charge is -2.34. The molecule has 2 aromatic rings. The smallest absolute Gasteiger partial charge is 0.260 e. The second-order valence-corrected chi connectivity index (χ2v) is 9.62. The zero-order chi connectivity index (χ0) is 22.6. The van der Waals surface area contributed by atoms with E-state index in [1.54, 1.807) is 29.2 Å². The van der Waals surface area contributed by atoms with E-state index in [1.807, 2.05) is 12.1 Å². The Labute approximate surface area is 182 Å². The normalized spacial score (nSPS) is 15.1. The van der Waals surface area contributed by atoms with Gasteiger partial charge in [-0.3, -0.25) is 9.59 Å². The van der Waals surface area contributed by atoms with Gasteiger partial charge in [0.15, 0.2) is 6.61 Å². The summed E-state index contributed by atoms with van der Waals surface area (Å²) in [6, 6.07) is 13.2. The highest BCUT2D eigenvalue weighted by atomic mass is 32.2. The van der Waals surface area contributed by atoms with Gasteiger partial charge in [0.25, 0.3) is 5.91 Å². The lowest BCUT2D eigenvalue weighted by atomic mass is 10.0. The van der Waals surface area contributed by atoms with Gasteiger partial charge in [-0.05, 0) is 47.9 Å². The predicted molar refractivity (Wildman–Crippen MR) is 116 cm³/mol. The van der Waals surface area contributed by atoms with Crippen LogP contribution in [0.5, 0.6) is 5.75 Å². The zero-order valence-corrected chi connectivity index (χ0v) is 18.5. The van der Waals surface area contributed by atoms with Gasteiger partial charge in [0.05, 0.1) is 4.90 Å². The van der Waals surface area contributed by atoms with Crippen molar-refractivity contribution >= 4 is 21.8 Å². The van der Waals surface area contributed by atoms with E-state index in [9.17, 15) is 18.0 Å². The highest BCUT2D eigenvalue weighted by molar-refractivity contribution is 7.89. The fourth-order valence-electron chi connectivity index (χ4n) is 3.30. The third kappa shape index (κ3) is 5.42. The van der Waals surface area contributed by atoms with Crippen molar-refractivity contribution in [3.8, 4) is 5.75 Å². The first-order chi connectivity index (χ1) is 14.7. The van der Waals surface area contributed by atoms with Crippen LogP contribution < -0.4 is 10.5 Å². The van der Waals surface area contributed by atoms with Crippen molar-refractivity contribution in [2.24, 2.45) is 5.73 Å². The summed E-state index contributed by atoms with van der Waals surface area (Å²) in [5.41, 5.74) is 6.63. The van der Waals surface area contributed by atoms with E-state index in [4.69, 9.17) is 10.5 Å². The molecule has 2 aromatic carbocycles. The Morgan fingerprint density at radius 1 is 0.968 bits per heavy atom. The van der Waals surface area contributed by atoms with Gasteiger partial charge in [-0.15, -0.1) is 0 Å². The van der Waals surface area contributed by atoms with Crippen LogP contribution in [0.2, 0.25) is 0 Å². The summed E-state index contributed by atoms with van der Waals surface area (Å²) in [4.78, 5) is 25.4. The number of piperazine rings is 1. The summed E-state index contributed by atoms with van der Waals surface area (Å²) < 4.78 is 32.7. The fourth-order valence-corrected chi connectivity index (χ4v) is 4.73. The molecule has 0 aliphatic carbocycles. The Bertz CT molecular complexity index is 1030. The maximum atomic E-state index is 12.9. The van der Waals surface area contributed by atoms with E-state index in [0.717, 1.165) is 5.56 Å². The summed E-state index contributed by atoms with van der Waals surface area (Å²) in [6.07, 6.45) is 0. The predicted octanol–water partition coefficient (Wildman–Crippen LogP) is 1.82. The molecule has 2 amide bonds. The lowest BCUT2D eigenvalue weighted by Crippen LogP contribution is -2.51. The van der Waals surface area contributed by atoms with Crippen LogP contribution in [0.15, 0.2) is 53.4 Å². The van der Waals surface area contributed by atoms with Gasteiger partial charge in [-0.25, -0.2) is 8.42 Å². The molecule has 166 valence electrons. The second-order valence-electron chi connectivity index (χ2n) is 7.69. The zero-order valence-electron chi connectivity index (χ0n) is 17.7. The topological polar surface area (TPSA) is 110 Å². The number of rotatable bonds is 7. The van der Waals surface area contributed by atoms with Gasteiger partial charge < -0.3 is 15.4 Å². The maximum absolute atomic E-state index is 12.9. The van der Waals surface area contributed by atoms with Gasteiger partial charge >= 0.3 is 0 Å². The monoisotopic (exact) mass is 445 g/mol. The highest BCUT2D eigenvalue weighted by Crippen LogP contribution is 2.21. The number of sulfonamides is 1. The van der Waals surface area contributed by atoms with E-state index in [-0.39, 0.29) is 30.5 Å². The molecule has 0 spiro atoms. The minimum atomic E-state index is -3.59. The van der Waals surface area contributed by atoms with Crippen LogP contribution in [0.4, 0.5) is 0 Å². The van der Waals surface area contributed by atoms with Crippen molar-refractivity contribution in [1.29, 1.82) is 0 Å². The molecule has 1 heterocycles. The number of hydrogen-bond acceptors (Lipinski definition) is 5. The standard InChI is InChI=1S/C22H27N3O5S/c1-16(2)17-5-9-20(10-6-17)31(28,29)25-13-11-24(12-14-25)21(26)15-30-19-7-3-18(4-8-19)22(23)27/h3-10,16H,11-15H2,1-2H3,(H2,23,27). The summed E-state index contributed by atoms with van der Waals surface area (Å²) in [6.45, 7) is 5.00. The SMILES string of the molecule is CC(C)c1ccc(S(=O)(=O)N2CCN(C(=O)COc3ccc(C(N)=O)cc3)CC2)cc1. The first-order valence-electron chi connectivity index (χ1n) is 10.1. The quantitative estimate of drug-likeness (QED) is 0.699. The molecule has 1 aliphatic rings. The van der Waals surface area contributed by atoms with Gasteiger partial charge in [0, 0.05) is 31.7 Å². The molecule has 0 saturated carbocycles. The molecule has 0 unspecified atom stereocenters. The average molecular weight is 446 g/mol. The molecule has 31 heavy (non-hydrogen) atoms. The van der Waals surface area contributed by atoms with E-state index < -0.39 is 15.9 Å². The van der Waals surface area contributed by atoms with Crippen molar-refractivity contribution < 1.29 is 22.7 Å². The number of nitrogens with zero attached hydrogens (tertiary/aromatic N) is 2. The van der Waals surface area contributed by atoms with Gasteiger partial charge in [-0.2, -0.15) is 4.31 Å². The minimum absolute atomic E-state index is 0.167. The van der Waals surface area contributed by atoms with Crippen LogP contribution in [0.1, 0.15) is 35.7 Å². The van der Waals surface area contributed by atoms with Gasteiger partial charge in [-0.1, -0.05) is 26.0 Å². The van der Waals surface area contributed by atoms with Crippen LogP contribution in [0, 0.1) is 0 Å². The van der Waals surface area contributed by atoms with Crippen LogP contribution in [0.3, 0.4) is 0 Å². The molecule has 2 N–H and O–H groups in total. The number of amides is 2.